The van der Waals surface area contributed by atoms with Gasteiger partial charge in [0.15, 0.2) is 11.5 Å². The molecule has 2 amide bonds. The molecule has 1 aliphatic rings. The highest BCUT2D eigenvalue weighted by atomic mass is 16.5. The van der Waals surface area contributed by atoms with E-state index in [9.17, 15) is 9.59 Å². The summed E-state index contributed by atoms with van der Waals surface area (Å²) >= 11 is 0. The van der Waals surface area contributed by atoms with E-state index in [4.69, 9.17) is 19.9 Å². The zero-order chi connectivity index (χ0) is 15.4. The summed E-state index contributed by atoms with van der Waals surface area (Å²) in [5.74, 6) is 0.390. The van der Waals surface area contributed by atoms with E-state index in [-0.39, 0.29) is 31.6 Å². The second-order valence-electron chi connectivity index (χ2n) is 4.61. The molecule has 7 heteroatoms. The summed E-state index contributed by atoms with van der Waals surface area (Å²) in [7, 11) is 3.07. The van der Waals surface area contributed by atoms with Crippen molar-refractivity contribution in [3.05, 3.63) is 23.8 Å². The van der Waals surface area contributed by atoms with Gasteiger partial charge in [0.1, 0.15) is 13.2 Å². The highest BCUT2D eigenvalue weighted by Gasteiger charge is 2.28. The average molecular weight is 294 g/mol. The molecule has 0 radical (unpaired) electrons. The van der Waals surface area contributed by atoms with Crippen LogP contribution in [0.4, 0.5) is 0 Å². The molecule has 1 saturated heterocycles. The Bertz CT molecular complexity index is 530. The largest absolute Gasteiger partial charge is 0.493 e. The van der Waals surface area contributed by atoms with E-state index in [0.717, 1.165) is 10.5 Å². The molecule has 0 bridgehead atoms. The van der Waals surface area contributed by atoms with Crippen LogP contribution < -0.4 is 15.2 Å². The lowest BCUT2D eigenvalue weighted by Gasteiger charge is -2.27. The number of carbonyl (C=O) groups is 2. The van der Waals surface area contributed by atoms with Gasteiger partial charge in [-0.15, -0.1) is 0 Å². The summed E-state index contributed by atoms with van der Waals surface area (Å²) in [6.45, 7) is -0.0781. The predicted octanol–water partition coefficient (Wildman–Crippen LogP) is 0.0890. The highest BCUT2D eigenvalue weighted by molar-refractivity contribution is 5.98. The van der Waals surface area contributed by atoms with E-state index in [0.29, 0.717) is 11.5 Å². The van der Waals surface area contributed by atoms with Gasteiger partial charge in [-0.05, 0) is 17.7 Å². The Hall–Kier alpha value is -2.12. The smallest absolute Gasteiger partial charge is 0.255 e. The maximum absolute atomic E-state index is 11.7. The predicted molar refractivity (Wildman–Crippen MR) is 74.0 cm³/mol. The second kappa shape index (κ2) is 6.55. The van der Waals surface area contributed by atoms with Crippen molar-refractivity contribution in [1.82, 2.24) is 4.90 Å². The zero-order valence-electron chi connectivity index (χ0n) is 12.0. The Balaban J connectivity index is 2.14. The van der Waals surface area contributed by atoms with Crippen molar-refractivity contribution in [3.63, 3.8) is 0 Å². The molecule has 0 spiro atoms. The van der Waals surface area contributed by atoms with E-state index < -0.39 is 6.04 Å². The van der Waals surface area contributed by atoms with Crippen molar-refractivity contribution in [2.24, 2.45) is 5.73 Å². The molecule has 2 N–H and O–H groups in total. The lowest BCUT2D eigenvalue weighted by atomic mass is 10.1. The van der Waals surface area contributed by atoms with Gasteiger partial charge >= 0.3 is 0 Å². The van der Waals surface area contributed by atoms with Crippen molar-refractivity contribution in [1.29, 1.82) is 0 Å². The number of nitrogens with two attached hydrogens (primary N) is 1. The van der Waals surface area contributed by atoms with Crippen LogP contribution in [0, 0.1) is 0 Å². The van der Waals surface area contributed by atoms with Gasteiger partial charge in [-0.25, -0.2) is 0 Å². The van der Waals surface area contributed by atoms with Crippen molar-refractivity contribution in [2.45, 2.75) is 6.04 Å². The number of methoxy groups -OCH3 is 2. The number of benzene rings is 1. The summed E-state index contributed by atoms with van der Waals surface area (Å²) in [4.78, 5) is 24.5. The quantitative estimate of drug-likeness (QED) is 0.774. The lowest BCUT2D eigenvalue weighted by Crippen LogP contribution is -2.48. The molecule has 1 aliphatic heterocycles. The van der Waals surface area contributed by atoms with Crippen LogP contribution in [-0.4, -0.2) is 50.7 Å². The fourth-order valence-electron chi connectivity index (χ4n) is 2.11. The van der Waals surface area contributed by atoms with Crippen LogP contribution in [0.1, 0.15) is 11.6 Å². The molecule has 21 heavy (non-hydrogen) atoms. The van der Waals surface area contributed by atoms with E-state index in [1.54, 1.807) is 25.3 Å². The summed E-state index contributed by atoms with van der Waals surface area (Å²) in [5, 5.41) is 0. The van der Waals surface area contributed by atoms with Gasteiger partial charge < -0.3 is 19.9 Å². The average Bonchev–Trinajstić information content (AvgIpc) is 2.50. The fourth-order valence-corrected chi connectivity index (χ4v) is 2.11. The van der Waals surface area contributed by atoms with Crippen molar-refractivity contribution < 1.29 is 23.8 Å². The summed E-state index contributed by atoms with van der Waals surface area (Å²) in [6.07, 6.45) is 0. The minimum atomic E-state index is -0.504. The Morgan fingerprint density at radius 3 is 2.38 bits per heavy atom. The molecule has 0 saturated carbocycles. The third-order valence-electron chi connectivity index (χ3n) is 3.27. The van der Waals surface area contributed by atoms with Gasteiger partial charge in [0, 0.05) is 12.6 Å². The summed E-state index contributed by atoms with van der Waals surface area (Å²) in [6, 6.07) is 4.74. The molecule has 1 aromatic carbocycles. The maximum Gasteiger partial charge on any atom is 0.255 e. The van der Waals surface area contributed by atoms with Gasteiger partial charge in [0.2, 0.25) is 0 Å². The standard InChI is InChI=1S/C14H18N2O5/c1-19-11-4-3-9(5-12(11)20-2)10(15)6-16-13(17)7-21-8-14(16)18/h3-5,10H,6-8,15H2,1-2H3. The number of imide groups is 1. The number of amides is 2. The monoisotopic (exact) mass is 294 g/mol. The van der Waals surface area contributed by atoms with Crippen LogP contribution in [0.2, 0.25) is 0 Å². The molecule has 1 aromatic rings. The number of rotatable bonds is 5. The highest BCUT2D eigenvalue weighted by Crippen LogP contribution is 2.29. The third-order valence-corrected chi connectivity index (χ3v) is 3.27. The van der Waals surface area contributed by atoms with Crippen LogP contribution in [-0.2, 0) is 14.3 Å². The number of hydrogen-bond acceptors (Lipinski definition) is 6. The van der Waals surface area contributed by atoms with Crippen LogP contribution in [0.25, 0.3) is 0 Å². The van der Waals surface area contributed by atoms with E-state index in [1.807, 2.05) is 0 Å². The minimum absolute atomic E-state index is 0.0929. The van der Waals surface area contributed by atoms with Gasteiger partial charge in [-0.1, -0.05) is 6.07 Å². The SMILES string of the molecule is COc1ccc(C(N)CN2C(=O)COCC2=O)cc1OC. The topological polar surface area (TPSA) is 91.1 Å². The zero-order valence-corrected chi connectivity index (χ0v) is 12.0. The Labute approximate surface area is 122 Å². The summed E-state index contributed by atoms with van der Waals surface area (Å²) < 4.78 is 15.2. The van der Waals surface area contributed by atoms with Crippen LogP contribution in [0.15, 0.2) is 18.2 Å². The summed E-state index contributed by atoms with van der Waals surface area (Å²) in [5.41, 5.74) is 6.83. The number of carbonyl (C=O) groups excluding carboxylic acids is 2. The third kappa shape index (κ3) is 3.32. The molecule has 0 aromatic heterocycles. The first-order valence-corrected chi connectivity index (χ1v) is 6.45. The van der Waals surface area contributed by atoms with Crippen LogP contribution in [0.3, 0.4) is 0 Å². The van der Waals surface area contributed by atoms with Gasteiger partial charge in [0.25, 0.3) is 11.8 Å². The molecule has 7 nitrogen and oxygen atoms in total. The molecule has 0 aliphatic carbocycles. The first-order valence-electron chi connectivity index (χ1n) is 6.45. The molecule has 114 valence electrons. The number of morpholine rings is 1. The molecule has 2 rings (SSSR count). The number of ether oxygens (including phenoxy) is 3. The van der Waals surface area contributed by atoms with Gasteiger partial charge in [-0.3, -0.25) is 14.5 Å². The van der Waals surface area contributed by atoms with Crippen molar-refractivity contribution in [2.75, 3.05) is 34.0 Å². The number of hydrogen-bond donors (Lipinski definition) is 1. The fraction of sp³-hybridized carbons (Fsp3) is 0.429. The van der Waals surface area contributed by atoms with E-state index in [2.05, 4.69) is 0 Å². The molecule has 1 atom stereocenters. The minimum Gasteiger partial charge on any atom is -0.493 e. The first-order chi connectivity index (χ1) is 10.1. The Morgan fingerprint density at radius 1 is 1.19 bits per heavy atom. The van der Waals surface area contributed by atoms with Gasteiger partial charge in [0.05, 0.1) is 14.2 Å². The molecule has 1 unspecified atom stereocenters. The lowest BCUT2D eigenvalue weighted by molar-refractivity contribution is -0.158. The normalized spacial score (nSPS) is 16.8. The molecule has 1 fully saturated rings. The maximum atomic E-state index is 11.7. The second-order valence-corrected chi connectivity index (χ2v) is 4.61. The van der Waals surface area contributed by atoms with Crippen molar-refractivity contribution in [3.8, 4) is 11.5 Å². The van der Waals surface area contributed by atoms with Gasteiger partial charge in [-0.2, -0.15) is 0 Å². The molecular weight excluding hydrogens is 276 g/mol. The van der Waals surface area contributed by atoms with E-state index in [1.165, 1.54) is 7.11 Å². The Kier molecular flexibility index (Phi) is 4.77. The first kappa shape index (κ1) is 15.3. The van der Waals surface area contributed by atoms with E-state index >= 15 is 0 Å². The number of nitrogens with zero attached hydrogens (tertiary/aromatic N) is 1. The molecule has 1 heterocycles. The Morgan fingerprint density at radius 2 is 1.81 bits per heavy atom. The molecular formula is C14H18N2O5. The van der Waals surface area contributed by atoms with Crippen molar-refractivity contribution >= 4 is 11.8 Å². The van der Waals surface area contributed by atoms with Crippen LogP contribution in [0.5, 0.6) is 11.5 Å². The van der Waals surface area contributed by atoms with Crippen LogP contribution >= 0.6 is 0 Å².